The third-order valence-corrected chi connectivity index (χ3v) is 7.20. The van der Waals surface area contributed by atoms with Crippen molar-refractivity contribution in [3.63, 3.8) is 0 Å². The minimum atomic E-state index is -0.287. The summed E-state index contributed by atoms with van der Waals surface area (Å²) in [5.41, 5.74) is 3.17. The van der Waals surface area contributed by atoms with E-state index in [1.807, 2.05) is 34.2 Å². The van der Waals surface area contributed by atoms with Gasteiger partial charge >= 0.3 is 0 Å². The van der Waals surface area contributed by atoms with E-state index >= 15 is 0 Å². The number of nitrogens with zero attached hydrogens (tertiary/aromatic N) is 2. The van der Waals surface area contributed by atoms with Crippen molar-refractivity contribution in [1.29, 1.82) is 0 Å². The molecule has 0 aliphatic carbocycles. The molecular weight excluding hydrogens is 417 g/mol. The minimum absolute atomic E-state index is 0.0147. The lowest BCUT2D eigenvalue weighted by Gasteiger charge is -2.30. The molecule has 0 radical (unpaired) electrons. The highest BCUT2D eigenvalue weighted by molar-refractivity contribution is 5.83. The van der Waals surface area contributed by atoms with Crippen LogP contribution in [0.15, 0.2) is 54.7 Å². The second-order valence-electron chi connectivity index (χ2n) is 9.38. The van der Waals surface area contributed by atoms with Gasteiger partial charge in [-0.2, -0.15) is 0 Å². The molecule has 2 saturated heterocycles. The number of para-hydroxylation sites is 1. The number of H-pyrrole nitrogens is 1. The van der Waals surface area contributed by atoms with E-state index in [9.17, 15) is 14.0 Å². The molecule has 3 heterocycles. The number of nitrogens with one attached hydrogen (secondary N) is 1. The number of carbonyl (C=O) groups is 2. The molecular formula is C27H30FN3O2. The van der Waals surface area contributed by atoms with Crippen LogP contribution in [-0.4, -0.2) is 45.7 Å². The quantitative estimate of drug-likeness (QED) is 0.597. The highest BCUT2D eigenvalue weighted by atomic mass is 19.1. The molecule has 5 rings (SSSR count). The third-order valence-electron chi connectivity index (χ3n) is 7.20. The van der Waals surface area contributed by atoms with Crippen LogP contribution in [0.25, 0.3) is 10.9 Å². The summed E-state index contributed by atoms with van der Waals surface area (Å²) in [5.74, 6) is 0.286. The van der Waals surface area contributed by atoms with Gasteiger partial charge in [-0.1, -0.05) is 30.3 Å². The number of amides is 2. The fourth-order valence-electron chi connectivity index (χ4n) is 5.50. The van der Waals surface area contributed by atoms with Crippen molar-refractivity contribution in [3.8, 4) is 0 Å². The Hall–Kier alpha value is -3.15. The van der Waals surface area contributed by atoms with Gasteiger partial charge in [0.2, 0.25) is 11.8 Å². The highest BCUT2D eigenvalue weighted by Crippen LogP contribution is 2.32. The Morgan fingerprint density at radius 3 is 2.88 bits per heavy atom. The number of carbonyl (C=O) groups excluding carboxylic acids is 2. The standard InChI is InChI=1S/C27H30FN3O2/c28-22-9-3-6-19(14-22)16-31-25-18-30(17-21(25)8-5-13-27(31)33)26(32)12-4-7-20-15-29-24-11-2-1-10-23(20)24/h1-3,6,9-11,14-15,21,25,29H,4-5,7-8,12-13,16-18H2. The number of aromatic nitrogens is 1. The summed E-state index contributed by atoms with van der Waals surface area (Å²) >= 11 is 0. The monoisotopic (exact) mass is 447 g/mol. The Labute approximate surface area is 193 Å². The molecule has 2 aliphatic rings. The number of likely N-dealkylation sites (tertiary alicyclic amines) is 2. The van der Waals surface area contributed by atoms with Gasteiger partial charge < -0.3 is 14.8 Å². The Balaban J connectivity index is 1.21. The summed E-state index contributed by atoms with van der Waals surface area (Å²) in [5, 5.41) is 1.22. The molecule has 2 aromatic carbocycles. The number of fused-ring (bicyclic) bond motifs is 2. The Kier molecular flexibility index (Phi) is 6.16. The summed E-state index contributed by atoms with van der Waals surface area (Å²) in [6.45, 7) is 1.70. The van der Waals surface area contributed by atoms with Crippen LogP contribution in [0.3, 0.4) is 0 Å². The zero-order valence-electron chi connectivity index (χ0n) is 18.8. The molecule has 172 valence electrons. The van der Waals surface area contributed by atoms with Crippen LogP contribution in [0.2, 0.25) is 0 Å². The average molecular weight is 448 g/mol. The molecule has 5 nitrogen and oxygen atoms in total. The molecule has 0 saturated carbocycles. The first-order valence-electron chi connectivity index (χ1n) is 11.9. The highest BCUT2D eigenvalue weighted by Gasteiger charge is 2.41. The molecule has 2 atom stereocenters. The first-order valence-corrected chi connectivity index (χ1v) is 11.9. The van der Waals surface area contributed by atoms with Crippen LogP contribution in [0.1, 0.15) is 43.2 Å². The summed E-state index contributed by atoms with van der Waals surface area (Å²) in [7, 11) is 0. The smallest absolute Gasteiger partial charge is 0.223 e. The van der Waals surface area contributed by atoms with Gasteiger partial charge in [-0.25, -0.2) is 4.39 Å². The maximum absolute atomic E-state index is 13.7. The molecule has 2 fully saturated rings. The van der Waals surface area contributed by atoms with Gasteiger partial charge in [0.1, 0.15) is 5.82 Å². The van der Waals surface area contributed by atoms with E-state index in [1.165, 1.54) is 23.1 Å². The van der Waals surface area contributed by atoms with Crippen LogP contribution in [0, 0.1) is 11.7 Å². The van der Waals surface area contributed by atoms with Crippen molar-refractivity contribution in [2.45, 2.75) is 51.1 Å². The van der Waals surface area contributed by atoms with Crippen LogP contribution in [-0.2, 0) is 22.6 Å². The van der Waals surface area contributed by atoms with Crippen molar-refractivity contribution >= 4 is 22.7 Å². The van der Waals surface area contributed by atoms with Gasteiger partial charge in [0.25, 0.3) is 0 Å². The van der Waals surface area contributed by atoms with Gasteiger partial charge in [-0.15, -0.1) is 0 Å². The van der Waals surface area contributed by atoms with Crippen molar-refractivity contribution < 1.29 is 14.0 Å². The Morgan fingerprint density at radius 2 is 2.00 bits per heavy atom. The largest absolute Gasteiger partial charge is 0.361 e. The molecule has 33 heavy (non-hydrogen) atoms. The second-order valence-corrected chi connectivity index (χ2v) is 9.38. The number of rotatable bonds is 6. The van der Waals surface area contributed by atoms with E-state index in [0.29, 0.717) is 38.4 Å². The number of halogens is 1. The summed E-state index contributed by atoms with van der Waals surface area (Å²) < 4.78 is 13.7. The van der Waals surface area contributed by atoms with E-state index in [0.717, 1.165) is 36.8 Å². The summed E-state index contributed by atoms with van der Waals surface area (Å²) in [6.07, 6.45) is 6.55. The number of hydrogen-bond donors (Lipinski definition) is 1. The second kappa shape index (κ2) is 9.38. The van der Waals surface area contributed by atoms with E-state index in [4.69, 9.17) is 0 Å². The Morgan fingerprint density at radius 1 is 1.12 bits per heavy atom. The van der Waals surface area contributed by atoms with E-state index in [-0.39, 0.29) is 23.7 Å². The number of benzene rings is 2. The predicted octanol–water partition coefficient (Wildman–Crippen LogP) is 4.67. The number of aromatic amines is 1. The zero-order valence-corrected chi connectivity index (χ0v) is 18.8. The molecule has 2 aliphatic heterocycles. The van der Waals surface area contributed by atoms with Crippen molar-refractivity contribution in [2.24, 2.45) is 5.92 Å². The summed E-state index contributed by atoms with van der Waals surface area (Å²) in [4.78, 5) is 33.0. The molecule has 2 unspecified atom stereocenters. The molecule has 2 amide bonds. The lowest BCUT2D eigenvalue weighted by atomic mass is 9.98. The topological polar surface area (TPSA) is 56.4 Å². The van der Waals surface area contributed by atoms with Gasteiger partial charge in [0.15, 0.2) is 0 Å². The normalized spacial score (nSPS) is 20.8. The maximum atomic E-state index is 13.7. The molecule has 0 bridgehead atoms. The van der Waals surface area contributed by atoms with E-state index in [2.05, 4.69) is 17.1 Å². The van der Waals surface area contributed by atoms with Crippen LogP contribution < -0.4 is 0 Å². The predicted molar refractivity (Wildman–Crippen MR) is 126 cm³/mol. The van der Waals surface area contributed by atoms with Crippen molar-refractivity contribution in [2.75, 3.05) is 13.1 Å². The van der Waals surface area contributed by atoms with Crippen LogP contribution >= 0.6 is 0 Å². The SMILES string of the molecule is O=C(CCCc1c[nH]c2ccccc12)N1CC2CCCC(=O)N(Cc3cccc(F)c3)C2C1. The average Bonchev–Trinajstić information content (AvgIpc) is 3.39. The molecule has 3 aromatic rings. The molecule has 6 heteroatoms. The van der Waals surface area contributed by atoms with Gasteiger partial charge in [-0.3, -0.25) is 9.59 Å². The lowest BCUT2D eigenvalue weighted by Crippen LogP contribution is -2.43. The maximum Gasteiger partial charge on any atom is 0.223 e. The molecule has 1 aromatic heterocycles. The van der Waals surface area contributed by atoms with Crippen LogP contribution in [0.4, 0.5) is 4.39 Å². The van der Waals surface area contributed by atoms with E-state index < -0.39 is 0 Å². The van der Waals surface area contributed by atoms with Gasteiger partial charge in [0, 0.05) is 49.6 Å². The van der Waals surface area contributed by atoms with E-state index in [1.54, 1.807) is 6.07 Å². The third kappa shape index (κ3) is 4.65. The molecule has 1 N–H and O–H groups in total. The fourth-order valence-corrected chi connectivity index (χ4v) is 5.50. The number of hydrogen-bond acceptors (Lipinski definition) is 2. The first kappa shape index (κ1) is 21.7. The first-order chi connectivity index (χ1) is 16.1. The van der Waals surface area contributed by atoms with Crippen molar-refractivity contribution in [1.82, 2.24) is 14.8 Å². The van der Waals surface area contributed by atoms with Crippen LogP contribution in [0.5, 0.6) is 0 Å². The number of aryl methyl sites for hydroxylation is 1. The van der Waals surface area contributed by atoms with Gasteiger partial charge in [0.05, 0.1) is 6.04 Å². The van der Waals surface area contributed by atoms with Crippen molar-refractivity contribution in [3.05, 3.63) is 71.7 Å². The summed E-state index contributed by atoms with van der Waals surface area (Å²) in [6, 6.07) is 14.7. The minimum Gasteiger partial charge on any atom is -0.361 e. The van der Waals surface area contributed by atoms with Gasteiger partial charge in [-0.05, 0) is 60.9 Å². The fraction of sp³-hybridized carbons (Fsp3) is 0.407. The lowest BCUT2D eigenvalue weighted by molar-refractivity contribution is -0.135. The molecule has 0 spiro atoms. The Bertz CT molecular complexity index is 1160. The zero-order chi connectivity index (χ0) is 22.8.